The third-order valence-electron chi connectivity index (χ3n) is 2.36. The number of halogens is 2. The van der Waals surface area contributed by atoms with Gasteiger partial charge in [-0.3, -0.25) is 4.79 Å². The largest absolute Gasteiger partial charge is 0.327 e. The molecule has 1 amide bonds. The summed E-state index contributed by atoms with van der Waals surface area (Å²) in [5.74, 6) is 0.257. The summed E-state index contributed by atoms with van der Waals surface area (Å²) < 4.78 is 0. The number of aromatic nitrogens is 1. The van der Waals surface area contributed by atoms with Gasteiger partial charge in [0.05, 0.1) is 5.92 Å². The fourth-order valence-corrected chi connectivity index (χ4v) is 1.02. The van der Waals surface area contributed by atoms with Crippen LogP contribution in [-0.4, -0.2) is 16.9 Å². The molecule has 1 aromatic rings. The highest BCUT2D eigenvalue weighted by molar-refractivity contribution is 5.91. The molecule has 0 aliphatic rings. The highest BCUT2D eigenvalue weighted by Crippen LogP contribution is 2.07. The van der Waals surface area contributed by atoms with Crippen LogP contribution < -0.4 is 11.1 Å². The van der Waals surface area contributed by atoms with E-state index in [4.69, 9.17) is 5.73 Å². The SMILES string of the molecule is Cc1ccc(NC(=O)C(C)C(C)N)nc1.Cl.Cl. The van der Waals surface area contributed by atoms with Crippen LogP contribution in [0.15, 0.2) is 18.3 Å². The van der Waals surface area contributed by atoms with Gasteiger partial charge >= 0.3 is 0 Å². The lowest BCUT2D eigenvalue weighted by molar-refractivity contribution is -0.119. The molecule has 0 spiro atoms. The molecule has 0 aromatic carbocycles. The van der Waals surface area contributed by atoms with Crippen LogP contribution in [0.4, 0.5) is 5.82 Å². The predicted octanol–water partition coefficient (Wildman–Crippen LogP) is 2.16. The summed E-state index contributed by atoms with van der Waals surface area (Å²) in [6.07, 6.45) is 1.71. The van der Waals surface area contributed by atoms with Gasteiger partial charge in [-0.05, 0) is 25.5 Å². The molecule has 1 aromatic heterocycles. The Morgan fingerprint density at radius 1 is 1.35 bits per heavy atom. The van der Waals surface area contributed by atoms with Crippen molar-refractivity contribution >= 4 is 36.5 Å². The first-order valence-corrected chi connectivity index (χ1v) is 5.00. The average Bonchev–Trinajstić information content (AvgIpc) is 2.20. The zero-order valence-corrected chi connectivity index (χ0v) is 11.8. The zero-order valence-electron chi connectivity index (χ0n) is 10.1. The van der Waals surface area contributed by atoms with Crippen molar-refractivity contribution in [1.29, 1.82) is 0 Å². The molecule has 0 aliphatic heterocycles. The van der Waals surface area contributed by atoms with Crippen LogP contribution in [0.25, 0.3) is 0 Å². The fraction of sp³-hybridized carbons (Fsp3) is 0.455. The van der Waals surface area contributed by atoms with E-state index in [-0.39, 0.29) is 42.7 Å². The average molecular weight is 280 g/mol. The van der Waals surface area contributed by atoms with Crippen LogP contribution in [0, 0.1) is 12.8 Å². The lowest BCUT2D eigenvalue weighted by Crippen LogP contribution is -2.34. The minimum atomic E-state index is -0.215. The fourth-order valence-electron chi connectivity index (χ4n) is 1.02. The van der Waals surface area contributed by atoms with Crippen molar-refractivity contribution in [1.82, 2.24) is 4.98 Å². The Bertz CT molecular complexity index is 341. The van der Waals surface area contributed by atoms with Crippen molar-refractivity contribution in [3.8, 4) is 0 Å². The van der Waals surface area contributed by atoms with E-state index < -0.39 is 0 Å². The summed E-state index contributed by atoms with van der Waals surface area (Å²) in [7, 11) is 0. The summed E-state index contributed by atoms with van der Waals surface area (Å²) in [6.45, 7) is 5.56. The molecule has 4 nitrogen and oxygen atoms in total. The number of amides is 1. The first-order chi connectivity index (χ1) is 7.00. The van der Waals surface area contributed by atoms with E-state index >= 15 is 0 Å². The summed E-state index contributed by atoms with van der Waals surface area (Å²) in [6, 6.07) is 3.52. The Kier molecular flexibility index (Phi) is 9.02. The van der Waals surface area contributed by atoms with Crippen molar-refractivity contribution in [2.24, 2.45) is 11.7 Å². The number of aryl methyl sites for hydroxylation is 1. The van der Waals surface area contributed by atoms with E-state index in [1.54, 1.807) is 19.2 Å². The van der Waals surface area contributed by atoms with Crippen LogP contribution in [0.1, 0.15) is 19.4 Å². The number of hydrogen-bond donors (Lipinski definition) is 2. The lowest BCUT2D eigenvalue weighted by Gasteiger charge is -2.14. The molecule has 17 heavy (non-hydrogen) atoms. The van der Waals surface area contributed by atoms with Crippen molar-refractivity contribution in [3.63, 3.8) is 0 Å². The van der Waals surface area contributed by atoms with Crippen LogP contribution in [0.3, 0.4) is 0 Å². The maximum atomic E-state index is 11.6. The van der Waals surface area contributed by atoms with E-state index in [0.29, 0.717) is 5.82 Å². The number of carbonyl (C=O) groups excluding carboxylic acids is 1. The van der Waals surface area contributed by atoms with Gasteiger partial charge < -0.3 is 11.1 Å². The number of hydrogen-bond acceptors (Lipinski definition) is 3. The number of anilines is 1. The van der Waals surface area contributed by atoms with Crippen molar-refractivity contribution in [3.05, 3.63) is 23.9 Å². The second kappa shape index (κ2) is 8.28. The molecular formula is C11H19Cl2N3O. The molecule has 1 rings (SSSR count). The third-order valence-corrected chi connectivity index (χ3v) is 2.36. The maximum absolute atomic E-state index is 11.6. The van der Waals surface area contributed by atoms with Crippen molar-refractivity contribution in [2.45, 2.75) is 26.8 Å². The number of carbonyl (C=O) groups is 1. The minimum absolute atomic E-state index is 0. The highest BCUT2D eigenvalue weighted by Gasteiger charge is 2.17. The summed E-state index contributed by atoms with van der Waals surface area (Å²) in [4.78, 5) is 15.7. The summed E-state index contributed by atoms with van der Waals surface area (Å²) in [5, 5.41) is 2.72. The molecular weight excluding hydrogens is 261 g/mol. The molecule has 0 saturated carbocycles. The topological polar surface area (TPSA) is 68.0 Å². The van der Waals surface area contributed by atoms with E-state index in [1.807, 2.05) is 19.9 Å². The monoisotopic (exact) mass is 279 g/mol. The van der Waals surface area contributed by atoms with Gasteiger partial charge in [0, 0.05) is 12.2 Å². The van der Waals surface area contributed by atoms with Gasteiger partial charge in [-0.1, -0.05) is 13.0 Å². The van der Waals surface area contributed by atoms with E-state index in [1.165, 1.54) is 0 Å². The van der Waals surface area contributed by atoms with Crippen molar-refractivity contribution < 1.29 is 4.79 Å². The minimum Gasteiger partial charge on any atom is -0.327 e. The van der Waals surface area contributed by atoms with Crippen LogP contribution in [0.2, 0.25) is 0 Å². The van der Waals surface area contributed by atoms with Gasteiger partial charge in [0.25, 0.3) is 0 Å². The number of nitrogens with one attached hydrogen (secondary N) is 1. The molecule has 0 fully saturated rings. The second-order valence-electron chi connectivity index (χ2n) is 3.86. The van der Waals surface area contributed by atoms with E-state index in [2.05, 4.69) is 10.3 Å². The molecule has 0 bridgehead atoms. The molecule has 0 radical (unpaired) electrons. The highest BCUT2D eigenvalue weighted by atomic mass is 35.5. The quantitative estimate of drug-likeness (QED) is 0.891. The Balaban J connectivity index is 0. The number of nitrogens with zero attached hydrogens (tertiary/aromatic N) is 1. The Labute approximate surface area is 114 Å². The zero-order chi connectivity index (χ0) is 11.4. The van der Waals surface area contributed by atoms with Gasteiger partial charge in [0.15, 0.2) is 0 Å². The molecule has 3 N–H and O–H groups in total. The van der Waals surface area contributed by atoms with Gasteiger partial charge in [-0.25, -0.2) is 4.98 Å². The molecule has 1 heterocycles. The maximum Gasteiger partial charge on any atom is 0.229 e. The molecule has 6 heteroatoms. The first kappa shape index (κ1) is 18.5. The van der Waals surface area contributed by atoms with Gasteiger partial charge in [-0.15, -0.1) is 24.8 Å². The van der Waals surface area contributed by atoms with Crippen LogP contribution >= 0.6 is 24.8 Å². The number of pyridine rings is 1. The molecule has 98 valence electrons. The third kappa shape index (κ3) is 5.86. The standard InChI is InChI=1S/C11H17N3O.2ClH/c1-7-4-5-10(13-6-7)14-11(15)8(2)9(3)12;;/h4-6,8-9H,12H2,1-3H3,(H,13,14,15);2*1H. The molecule has 0 saturated heterocycles. The molecule has 2 unspecified atom stereocenters. The summed E-state index contributed by atoms with van der Waals surface area (Å²) in [5.41, 5.74) is 6.70. The van der Waals surface area contributed by atoms with Crippen LogP contribution in [-0.2, 0) is 4.79 Å². The van der Waals surface area contributed by atoms with Gasteiger partial charge in [0.1, 0.15) is 5.82 Å². The Morgan fingerprint density at radius 2 is 1.94 bits per heavy atom. The Hall–Kier alpha value is -0.840. The second-order valence-corrected chi connectivity index (χ2v) is 3.86. The van der Waals surface area contributed by atoms with Crippen molar-refractivity contribution in [2.75, 3.05) is 5.32 Å². The Morgan fingerprint density at radius 3 is 2.35 bits per heavy atom. The number of rotatable bonds is 3. The van der Waals surface area contributed by atoms with E-state index in [0.717, 1.165) is 5.56 Å². The first-order valence-electron chi connectivity index (χ1n) is 5.00. The van der Waals surface area contributed by atoms with Gasteiger partial charge in [0.2, 0.25) is 5.91 Å². The number of nitrogens with two attached hydrogens (primary N) is 1. The normalized spacial score (nSPS) is 12.7. The van der Waals surface area contributed by atoms with E-state index in [9.17, 15) is 4.79 Å². The van der Waals surface area contributed by atoms with Crippen LogP contribution in [0.5, 0.6) is 0 Å². The molecule has 2 atom stereocenters. The molecule has 0 aliphatic carbocycles. The summed E-state index contributed by atoms with van der Waals surface area (Å²) >= 11 is 0. The lowest BCUT2D eigenvalue weighted by atomic mass is 10.0. The smallest absolute Gasteiger partial charge is 0.229 e. The predicted molar refractivity (Wildman–Crippen MR) is 74.9 cm³/mol. The van der Waals surface area contributed by atoms with Gasteiger partial charge in [-0.2, -0.15) is 0 Å².